The number of amides is 1. The molecule has 0 radical (unpaired) electrons. The predicted octanol–water partition coefficient (Wildman–Crippen LogP) is 3.29. The van der Waals surface area contributed by atoms with E-state index in [-0.39, 0.29) is 29.8 Å². The summed E-state index contributed by atoms with van der Waals surface area (Å²) in [6, 6.07) is 6.81. The van der Waals surface area contributed by atoms with E-state index in [1.165, 1.54) is 4.68 Å². The number of aromatic nitrogens is 2. The summed E-state index contributed by atoms with van der Waals surface area (Å²) in [5, 5.41) is 7.87. The van der Waals surface area contributed by atoms with Gasteiger partial charge in [-0.2, -0.15) is 5.10 Å². The molecule has 2 aromatic rings. The fourth-order valence-corrected chi connectivity index (χ4v) is 3.17. The molecule has 1 aromatic carbocycles. The maximum Gasteiger partial charge on any atom is 0.359 e. The van der Waals surface area contributed by atoms with Crippen LogP contribution in [0.1, 0.15) is 63.9 Å². The molecule has 7 heteroatoms. The number of nitrogens with one attached hydrogen (secondary N) is 1. The lowest BCUT2D eigenvalue weighted by molar-refractivity contribution is -0.124. The summed E-state index contributed by atoms with van der Waals surface area (Å²) in [5.41, 5.74) is -0.196. The Bertz CT molecular complexity index is 905. The van der Waals surface area contributed by atoms with Gasteiger partial charge in [0.1, 0.15) is 0 Å². The van der Waals surface area contributed by atoms with Crippen molar-refractivity contribution in [3.63, 3.8) is 0 Å². The second kappa shape index (κ2) is 10.7. The van der Waals surface area contributed by atoms with Gasteiger partial charge in [0, 0.05) is 18.0 Å². The topological polar surface area (TPSA) is 90.3 Å². The van der Waals surface area contributed by atoms with Gasteiger partial charge in [-0.15, -0.1) is 0 Å². The molecule has 0 bridgehead atoms. The smallest absolute Gasteiger partial charge is 0.359 e. The van der Waals surface area contributed by atoms with E-state index < -0.39 is 5.97 Å². The van der Waals surface area contributed by atoms with Gasteiger partial charge in [0.15, 0.2) is 12.3 Å². The van der Waals surface area contributed by atoms with E-state index in [0.717, 1.165) is 19.3 Å². The number of ether oxygens (including phenoxy) is 1. The van der Waals surface area contributed by atoms with E-state index in [0.29, 0.717) is 29.7 Å². The fraction of sp³-hybridized carbons (Fsp3) is 0.545. The summed E-state index contributed by atoms with van der Waals surface area (Å²) in [6.45, 7) is 8.23. The van der Waals surface area contributed by atoms with Crippen molar-refractivity contribution in [2.45, 2.75) is 66.0 Å². The highest BCUT2D eigenvalue weighted by Crippen LogP contribution is 2.14. The first kappa shape index (κ1) is 22.6. The zero-order valence-corrected chi connectivity index (χ0v) is 17.7. The van der Waals surface area contributed by atoms with Crippen LogP contribution in [0, 0.1) is 5.92 Å². The summed E-state index contributed by atoms with van der Waals surface area (Å²) in [5.74, 6) is -0.424. The van der Waals surface area contributed by atoms with Gasteiger partial charge in [-0.1, -0.05) is 51.8 Å². The molecule has 0 aliphatic rings. The van der Waals surface area contributed by atoms with Crippen molar-refractivity contribution in [2.24, 2.45) is 5.92 Å². The Morgan fingerprint density at radius 3 is 2.48 bits per heavy atom. The van der Waals surface area contributed by atoms with E-state index in [1.54, 1.807) is 24.3 Å². The zero-order valence-electron chi connectivity index (χ0n) is 17.7. The van der Waals surface area contributed by atoms with Crippen molar-refractivity contribution in [3.8, 4) is 0 Å². The SMILES string of the molecule is CCCn1nc(C(=O)OCC(=O)NC(C)CCCC(C)C)c2ccccc2c1=O. The molecule has 1 atom stereocenters. The largest absolute Gasteiger partial charge is 0.451 e. The fourth-order valence-electron chi connectivity index (χ4n) is 3.17. The van der Waals surface area contributed by atoms with E-state index in [4.69, 9.17) is 4.74 Å². The van der Waals surface area contributed by atoms with Crippen LogP contribution in [0.15, 0.2) is 29.1 Å². The average molecular weight is 402 g/mol. The lowest BCUT2D eigenvalue weighted by Gasteiger charge is -2.15. The maximum absolute atomic E-state index is 12.6. The van der Waals surface area contributed by atoms with E-state index in [1.807, 2.05) is 13.8 Å². The summed E-state index contributed by atoms with van der Waals surface area (Å²) in [7, 11) is 0. The van der Waals surface area contributed by atoms with Crippen molar-refractivity contribution in [2.75, 3.05) is 6.61 Å². The van der Waals surface area contributed by atoms with Gasteiger partial charge >= 0.3 is 5.97 Å². The Hall–Kier alpha value is -2.70. The minimum Gasteiger partial charge on any atom is -0.451 e. The van der Waals surface area contributed by atoms with Gasteiger partial charge in [0.25, 0.3) is 11.5 Å². The molecule has 0 spiro atoms. The quantitative estimate of drug-likeness (QED) is 0.617. The van der Waals surface area contributed by atoms with Crippen LogP contribution in [0.3, 0.4) is 0 Å². The average Bonchev–Trinajstić information content (AvgIpc) is 2.68. The van der Waals surface area contributed by atoms with Crippen LogP contribution in [0.25, 0.3) is 10.8 Å². The molecule has 0 saturated heterocycles. The summed E-state index contributed by atoms with van der Waals surface area (Å²) >= 11 is 0. The number of esters is 1. The van der Waals surface area contributed by atoms with Crippen LogP contribution < -0.4 is 10.9 Å². The number of carbonyl (C=O) groups is 2. The molecule has 0 aliphatic carbocycles. The Balaban J connectivity index is 2.03. The number of nitrogens with zero attached hydrogens (tertiary/aromatic N) is 2. The van der Waals surface area contributed by atoms with Crippen LogP contribution in [0.2, 0.25) is 0 Å². The highest BCUT2D eigenvalue weighted by atomic mass is 16.5. The number of benzene rings is 1. The third-order valence-corrected chi connectivity index (χ3v) is 4.66. The molecule has 2 rings (SSSR count). The monoisotopic (exact) mass is 401 g/mol. The van der Waals surface area contributed by atoms with Crippen molar-refractivity contribution < 1.29 is 14.3 Å². The molecule has 0 fully saturated rings. The van der Waals surface area contributed by atoms with Gasteiger partial charge < -0.3 is 10.1 Å². The first-order valence-corrected chi connectivity index (χ1v) is 10.3. The van der Waals surface area contributed by atoms with Gasteiger partial charge in [-0.05, 0) is 31.7 Å². The first-order valence-electron chi connectivity index (χ1n) is 10.3. The number of aryl methyl sites for hydroxylation is 1. The second-order valence-electron chi connectivity index (χ2n) is 7.79. The summed E-state index contributed by atoms with van der Waals surface area (Å²) in [6.07, 6.45) is 3.73. The Labute approximate surface area is 171 Å². The number of fused-ring (bicyclic) bond motifs is 1. The molecule has 158 valence electrons. The number of carbonyl (C=O) groups excluding carboxylic acids is 2. The van der Waals surface area contributed by atoms with Crippen LogP contribution in [0.5, 0.6) is 0 Å². The van der Waals surface area contributed by atoms with E-state index in [2.05, 4.69) is 24.3 Å². The van der Waals surface area contributed by atoms with Gasteiger partial charge in [-0.25, -0.2) is 9.48 Å². The molecular weight excluding hydrogens is 370 g/mol. The summed E-state index contributed by atoms with van der Waals surface area (Å²) < 4.78 is 6.46. The molecule has 0 aliphatic heterocycles. The minimum absolute atomic E-state index is 0.0189. The first-order chi connectivity index (χ1) is 13.8. The van der Waals surface area contributed by atoms with Gasteiger partial charge in [0.2, 0.25) is 0 Å². The molecular formula is C22H31N3O4. The third-order valence-electron chi connectivity index (χ3n) is 4.66. The lowest BCUT2D eigenvalue weighted by Crippen LogP contribution is -2.36. The molecule has 1 heterocycles. The molecule has 1 amide bonds. The third kappa shape index (κ3) is 6.41. The number of hydrogen-bond donors (Lipinski definition) is 1. The van der Waals surface area contributed by atoms with Crippen LogP contribution in [-0.4, -0.2) is 34.3 Å². The van der Waals surface area contributed by atoms with Crippen molar-refractivity contribution in [1.82, 2.24) is 15.1 Å². The molecule has 29 heavy (non-hydrogen) atoms. The number of hydrogen-bond acceptors (Lipinski definition) is 5. The Morgan fingerprint density at radius 1 is 1.14 bits per heavy atom. The molecule has 7 nitrogen and oxygen atoms in total. The van der Waals surface area contributed by atoms with Crippen LogP contribution in [-0.2, 0) is 16.1 Å². The second-order valence-corrected chi connectivity index (χ2v) is 7.79. The molecule has 1 aromatic heterocycles. The van der Waals surface area contributed by atoms with Crippen molar-refractivity contribution in [1.29, 1.82) is 0 Å². The van der Waals surface area contributed by atoms with Crippen molar-refractivity contribution >= 4 is 22.6 Å². The standard InChI is InChI=1S/C22H31N3O4/c1-5-13-25-21(27)18-12-7-6-11-17(18)20(24-25)22(28)29-14-19(26)23-16(4)10-8-9-15(2)3/h6-7,11-12,15-16H,5,8-10,13-14H2,1-4H3,(H,23,26). The molecule has 0 saturated carbocycles. The Kier molecular flexibility index (Phi) is 8.36. The minimum atomic E-state index is -0.714. The predicted molar refractivity (Wildman–Crippen MR) is 113 cm³/mol. The van der Waals surface area contributed by atoms with E-state index in [9.17, 15) is 14.4 Å². The van der Waals surface area contributed by atoms with Crippen LogP contribution in [0.4, 0.5) is 0 Å². The van der Waals surface area contributed by atoms with Crippen molar-refractivity contribution in [3.05, 3.63) is 40.3 Å². The van der Waals surface area contributed by atoms with E-state index >= 15 is 0 Å². The molecule has 1 unspecified atom stereocenters. The highest BCUT2D eigenvalue weighted by Gasteiger charge is 2.19. The maximum atomic E-state index is 12.6. The van der Waals surface area contributed by atoms with Crippen LogP contribution >= 0.6 is 0 Å². The summed E-state index contributed by atoms with van der Waals surface area (Å²) in [4.78, 5) is 37.2. The highest BCUT2D eigenvalue weighted by molar-refractivity contribution is 6.02. The Morgan fingerprint density at radius 2 is 1.83 bits per heavy atom. The molecule has 1 N–H and O–H groups in total. The zero-order chi connectivity index (χ0) is 21.4. The number of rotatable bonds is 10. The normalized spacial score (nSPS) is 12.2. The van der Waals surface area contributed by atoms with Gasteiger partial charge in [0.05, 0.1) is 5.39 Å². The van der Waals surface area contributed by atoms with Gasteiger partial charge in [-0.3, -0.25) is 9.59 Å². The lowest BCUT2D eigenvalue weighted by atomic mass is 10.0.